The van der Waals surface area contributed by atoms with E-state index in [2.05, 4.69) is 39.0 Å². The summed E-state index contributed by atoms with van der Waals surface area (Å²) in [6.45, 7) is 7.30. The first-order chi connectivity index (χ1) is 21.0. The maximum absolute atomic E-state index is 13.1. The van der Waals surface area contributed by atoms with Gasteiger partial charge >= 0.3 is 0 Å². The van der Waals surface area contributed by atoms with E-state index in [1.54, 1.807) is 32.0 Å². The van der Waals surface area contributed by atoms with Gasteiger partial charge in [-0.25, -0.2) is 8.42 Å². The number of hydrogen-bond donors (Lipinski definition) is 2. The summed E-state index contributed by atoms with van der Waals surface area (Å²) in [5, 5.41) is 6.68. The Kier molecular flexibility index (Phi) is 15.1. The lowest BCUT2D eigenvalue weighted by molar-refractivity contribution is -0.122. The van der Waals surface area contributed by atoms with E-state index in [9.17, 15) is 18.0 Å². The number of guanidine groups is 1. The number of oxime groups is 1. The van der Waals surface area contributed by atoms with Crippen molar-refractivity contribution in [2.75, 3.05) is 32.1 Å². The van der Waals surface area contributed by atoms with Crippen LogP contribution in [0.15, 0.2) is 61.2 Å². The van der Waals surface area contributed by atoms with Gasteiger partial charge in [0, 0.05) is 18.5 Å². The molecule has 2 aromatic rings. The van der Waals surface area contributed by atoms with Gasteiger partial charge < -0.3 is 24.2 Å². The van der Waals surface area contributed by atoms with E-state index in [-0.39, 0.29) is 36.2 Å². The van der Waals surface area contributed by atoms with Gasteiger partial charge in [-0.1, -0.05) is 38.8 Å². The zero-order valence-electron chi connectivity index (χ0n) is 26.4. The number of aryl methyl sites for hydroxylation is 2. The van der Waals surface area contributed by atoms with Gasteiger partial charge in [-0.2, -0.15) is 9.98 Å². The number of aromatic nitrogens is 1. The smallest absolute Gasteiger partial charge is 0.291 e. The first-order valence-electron chi connectivity index (χ1n) is 14.5. The molecule has 13 nitrogen and oxygen atoms in total. The van der Waals surface area contributed by atoms with Crippen LogP contribution in [-0.4, -0.2) is 64.0 Å². The number of anilines is 1. The standard InChI is InChI=1S/C30H44N6O7S/c1-7-9-14-27(41-5)32-30(33-28(42-6)15-10-8-2)34-43-19-18-31-26(37)21-36-23(4)16-17-25(29(36)38)35-44(39,40)24-13-11-12-22(3)20-24/h11-13,16-17,20,35H,7-10,14-15,18-19,21H2,1-6H3,(H,31,37)/b32-27-,33-28-. The number of nitrogens with one attached hydrogen (secondary N) is 2. The highest BCUT2D eigenvalue weighted by Gasteiger charge is 2.18. The fourth-order valence-corrected chi connectivity index (χ4v) is 4.98. The molecule has 1 heterocycles. The van der Waals surface area contributed by atoms with E-state index in [4.69, 9.17) is 14.3 Å². The van der Waals surface area contributed by atoms with Gasteiger partial charge in [0.25, 0.3) is 21.5 Å². The molecule has 44 heavy (non-hydrogen) atoms. The Hall–Kier alpha value is -4.20. The molecule has 0 saturated heterocycles. The molecule has 1 aromatic heterocycles. The molecular formula is C30H44N6O7S. The minimum atomic E-state index is -4.00. The summed E-state index contributed by atoms with van der Waals surface area (Å²) in [5.74, 6) is 0.479. The number of hydrogen-bond acceptors (Lipinski definition) is 8. The highest BCUT2D eigenvalue weighted by Crippen LogP contribution is 2.15. The van der Waals surface area contributed by atoms with Gasteiger partial charge in [0.05, 0.1) is 25.7 Å². The van der Waals surface area contributed by atoms with Crippen LogP contribution in [0, 0.1) is 13.8 Å². The molecule has 2 N–H and O–H groups in total. The van der Waals surface area contributed by atoms with Crippen molar-refractivity contribution >= 4 is 39.4 Å². The van der Waals surface area contributed by atoms with Crippen molar-refractivity contribution in [1.29, 1.82) is 0 Å². The molecular weight excluding hydrogens is 588 g/mol. The molecule has 0 unspecified atom stereocenters. The number of pyridine rings is 1. The highest BCUT2D eigenvalue weighted by atomic mass is 32.2. The van der Waals surface area contributed by atoms with Gasteiger partial charge in [-0.15, -0.1) is 0 Å². The SMILES string of the molecule is CCCC/C(=N/C(=NOCCNC(=O)Cn1c(C)ccc(NS(=O)(=O)c2cccc(C)c2)c1=O)/N=C(/CCCC)OC)OC. The van der Waals surface area contributed by atoms with Crippen LogP contribution in [0.2, 0.25) is 0 Å². The number of aliphatic imine (C=N–C) groups is 2. The molecule has 242 valence electrons. The van der Waals surface area contributed by atoms with Crippen LogP contribution in [0.1, 0.15) is 63.6 Å². The van der Waals surface area contributed by atoms with Crippen LogP contribution in [0.5, 0.6) is 0 Å². The van der Waals surface area contributed by atoms with Crippen LogP contribution in [0.25, 0.3) is 0 Å². The Morgan fingerprint density at radius 2 is 1.59 bits per heavy atom. The van der Waals surface area contributed by atoms with Gasteiger partial charge in [0.15, 0.2) is 11.8 Å². The van der Waals surface area contributed by atoms with Gasteiger partial charge in [-0.05, 0) is 61.7 Å². The van der Waals surface area contributed by atoms with Gasteiger partial charge in [-0.3, -0.25) is 14.3 Å². The maximum atomic E-state index is 13.1. The lowest BCUT2D eigenvalue weighted by atomic mass is 10.2. The normalized spacial score (nSPS) is 12.0. The molecule has 0 atom stereocenters. The molecule has 0 saturated carbocycles. The monoisotopic (exact) mass is 632 g/mol. The van der Waals surface area contributed by atoms with E-state index < -0.39 is 21.5 Å². The Balaban J connectivity index is 2.07. The summed E-state index contributed by atoms with van der Waals surface area (Å²) >= 11 is 0. The number of benzene rings is 1. The van der Waals surface area contributed by atoms with Crippen LogP contribution < -0.4 is 15.6 Å². The van der Waals surface area contributed by atoms with Crippen LogP contribution in [0.3, 0.4) is 0 Å². The topological polar surface area (TPSA) is 162 Å². The molecule has 0 aliphatic carbocycles. The number of methoxy groups -OCH3 is 2. The molecule has 0 bridgehead atoms. The third-order valence-electron chi connectivity index (χ3n) is 6.31. The molecule has 0 spiro atoms. The summed E-state index contributed by atoms with van der Waals surface area (Å²) in [5.41, 5.74) is 0.432. The van der Waals surface area contributed by atoms with E-state index >= 15 is 0 Å². The number of sulfonamides is 1. The summed E-state index contributed by atoms with van der Waals surface area (Å²) in [7, 11) is -0.939. The van der Waals surface area contributed by atoms with Crippen molar-refractivity contribution in [2.45, 2.75) is 77.7 Å². The van der Waals surface area contributed by atoms with E-state index in [1.165, 1.54) is 37.0 Å². The molecule has 1 amide bonds. The zero-order chi connectivity index (χ0) is 32.5. The molecule has 0 fully saturated rings. The van der Waals surface area contributed by atoms with Gasteiger partial charge in [0.2, 0.25) is 5.91 Å². The predicted molar refractivity (Wildman–Crippen MR) is 172 cm³/mol. The average molecular weight is 633 g/mol. The molecule has 14 heteroatoms. The number of unbranched alkanes of at least 4 members (excludes halogenated alkanes) is 2. The lowest BCUT2D eigenvalue weighted by Crippen LogP contribution is -2.35. The van der Waals surface area contributed by atoms with Crippen molar-refractivity contribution < 1.29 is 27.5 Å². The summed E-state index contributed by atoms with van der Waals surface area (Å²) < 4.78 is 39.9. The number of carbonyl (C=O) groups is 1. The first kappa shape index (κ1) is 36.0. The minimum absolute atomic E-state index is 0.000949. The minimum Gasteiger partial charge on any atom is -0.484 e. The number of carbonyl (C=O) groups excluding carboxylic acids is 1. The number of amides is 1. The second kappa shape index (κ2) is 18.5. The van der Waals surface area contributed by atoms with Crippen molar-refractivity contribution in [3.63, 3.8) is 0 Å². The number of ether oxygens (including phenoxy) is 2. The quantitative estimate of drug-likeness (QED) is 0.129. The molecule has 0 aliphatic rings. The third kappa shape index (κ3) is 11.8. The highest BCUT2D eigenvalue weighted by molar-refractivity contribution is 7.92. The second-order valence-corrected chi connectivity index (χ2v) is 11.6. The Morgan fingerprint density at radius 1 is 0.955 bits per heavy atom. The van der Waals surface area contributed by atoms with Crippen molar-refractivity contribution in [1.82, 2.24) is 9.88 Å². The number of nitrogens with zero attached hydrogens (tertiary/aromatic N) is 4. The predicted octanol–water partition coefficient (Wildman–Crippen LogP) is 4.14. The fourth-order valence-electron chi connectivity index (χ4n) is 3.82. The third-order valence-corrected chi connectivity index (χ3v) is 7.67. The Bertz CT molecular complexity index is 1470. The van der Waals surface area contributed by atoms with Crippen molar-refractivity contribution in [3.8, 4) is 0 Å². The zero-order valence-corrected chi connectivity index (χ0v) is 27.2. The first-order valence-corrected chi connectivity index (χ1v) is 16.0. The van der Waals surface area contributed by atoms with Gasteiger partial charge in [0.1, 0.15) is 18.8 Å². The molecule has 0 aliphatic heterocycles. The summed E-state index contributed by atoms with van der Waals surface area (Å²) in [4.78, 5) is 39.9. The fraction of sp³-hybridized carbons (Fsp3) is 0.500. The Labute approximate surface area is 259 Å². The van der Waals surface area contributed by atoms with Crippen molar-refractivity contribution in [2.24, 2.45) is 15.1 Å². The molecule has 2 rings (SSSR count). The largest absolute Gasteiger partial charge is 0.484 e. The van der Waals surface area contributed by atoms with Crippen molar-refractivity contribution in [3.05, 3.63) is 58.0 Å². The summed E-state index contributed by atoms with van der Waals surface area (Å²) in [6.07, 6.45) is 4.92. The maximum Gasteiger partial charge on any atom is 0.291 e. The lowest BCUT2D eigenvalue weighted by Gasteiger charge is -2.13. The van der Waals surface area contributed by atoms with Crippen LogP contribution in [-0.2, 0) is 35.7 Å². The summed E-state index contributed by atoms with van der Waals surface area (Å²) in [6, 6.07) is 9.27. The van der Waals surface area contributed by atoms with E-state index in [0.29, 0.717) is 30.3 Å². The average Bonchev–Trinajstić information content (AvgIpc) is 3.00. The van der Waals surface area contributed by atoms with Crippen LogP contribution in [0.4, 0.5) is 5.69 Å². The van der Waals surface area contributed by atoms with E-state index in [0.717, 1.165) is 31.2 Å². The number of rotatable bonds is 15. The molecule has 1 aromatic carbocycles. The van der Waals surface area contributed by atoms with E-state index in [1.807, 2.05) is 0 Å². The molecule has 0 radical (unpaired) electrons. The second-order valence-electron chi connectivity index (χ2n) is 9.90. The Morgan fingerprint density at radius 3 is 2.16 bits per heavy atom. The van der Waals surface area contributed by atoms with Crippen LogP contribution >= 0.6 is 0 Å².